The fourth-order valence-corrected chi connectivity index (χ4v) is 5.04. The van der Waals surface area contributed by atoms with Crippen LogP contribution in [0.25, 0.3) is 0 Å². The van der Waals surface area contributed by atoms with Gasteiger partial charge in [0.1, 0.15) is 0 Å². The van der Waals surface area contributed by atoms with E-state index < -0.39 is 0 Å². The zero-order chi connectivity index (χ0) is 14.4. The molecule has 1 fully saturated rings. The van der Waals surface area contributed by atoms with Crippen molar-refractivity contribution in [2.24, 2.45) is 0 Å². The van der Waals surface area contributed by atoms with E-state index in [4.69, 9.17) is 21.1 Å². The van der Waals surface area contributed by atoms with Gasteiger partial charge in [0.25, 0.3) is 0 Å². The third-order valence-electron chi connectivity index (χ3n) is 3.14. The van der Waals surface area contributed by atoms with E-state index in [1.165, 1.54) is 17.3 Å². The number of hydrogen-bond donors (Lipinski definition) is 1. The molecule has 1 aromatic rings. The second-order valence-corrected chi connectivity index (χ2v) is 7.41. The van der Waals surface area contributed by atoms with Crippen molar-refractivity contribution >= 4 is 35.1 Å². The molecule has 3 nitrogen and oxygen atoms in total. The molecule has 1 atom stereocenters. The number of rotatable bonds is 6. The molecule has 1 N–H and O–H groups in total. The molecule has 0 bridgehead atoms. The molecule has 0 aliphatic carbocycles. The fourth-order valence-electron chi connectivity index (χ4n) is 2.09. The Bertz CT molecular complexity index is 439. The Balaban J connectivity index is 1.92. The minimum atomic E-state index is 0.607. The first kappa shape index (κ1) is 16.1. The van der Waals surface area contributed by atoms with Gasteiger partial charge in [-0.15, -0.1) is 0 Å². The SMILES string of the molecule is COc1ccc(CNCC2CSCCS2)c(Cl)c1OC. The molecule has 20 heavy (non-hydrogen) atoms. The van der Waals surface area contributed by atoms with Crippen molar-refractivity contribution in [1.29, 1.82) is 0 Å². The number of hydrogen-bond acceptors (Lipinski definition) is 5. The topological polar surface area (TPSA) is 30.5 Å². The molecule has 1 unspecified atom stereocenters. The fraction of sp³-hybridized carbons (Fsp3) is 0.571. The Hall–Kier alpha value is -0.230. The highest BCUT2D eigenvalue weighted by Crippen LogP contribution is 2.37. The summed E-state index contributed by atoms with van der Waals surface area (Å²) in [7, 11) is 3.22. The van der Waals surface area contributed by atoms with Gasteiger partial charge in [0.2, 0.25) is 0 Å². The molecule has 1 aliphatic rings. The number of methoxy groups -OCH3 is 2. The quantitative estimate of drug-likeness (QED) is 0.863. The predicted octanol–water partition coefficient (Wildman–Crippen LogP) is 3.30. The maximum atomic E-state index is 6.36. The normalized spacial score (nSPS) is 18.9. The van der Waals surface area contributed by atoms with Gasteiger partial charge >= 0.3 is 0 Å². The summed E-state index contributed by atoms with van der Waals surface area (Å²) in [4.78, 5) is 0. The molecule has 2 rings (SSSR count). The first-order valence-electron chi connectivity index (χ1n) is 6.55. The van der Waals surface area contributed by atoms with Crippen LogP contribution in [0.3, 0.4) is 0 Å². The van der Waals surface area contributed by atoms with Crippen LogP contribution < -0.4 is 14.8 Å². The van der Waals surface area contributed by atoms with Gasteiger partial charge < -0.3 is 14.8 Å². The molecule has 0 amide bonds. The Labute approximate surface area is 134 Å². The summed E-state index contributed by atoms with van der Waals surface area (Å²) >= 11 is 10.5. The predicted molar refractivity (Wildman–Crippen MR) is 89.8 cm³/mol. The van der Waals surface area contributed by atoms with Crippen molar-refractivity contribution in [2.45, 2.75) is 11.8 Å². The van der Waals surface area contributed by atoms with Crippen LogP contribution in [-0.4, -0.2) is 43.3 Å². The maximum Gasteiger partial charge on any atom is 0.179 e. The Morgan fingerprint density at radius 2 is 2.15 bits per heavy atom. The van der Waals surface area contributed by atoms with Gasteiger partial charge in [0.05, 0.1) is 19.2 Å². The number of benzene rings is 1. The zero-order valence-electron chi connectivity index (χ0n) is 11.8. The number of ether oxygens (including phenoxy) is 2. The number of halogens is 1. The van der Waals surface area contributed by atoms with Crippen LogP contribution in [0, 0.1) is 0 Å². The highest BCUT2D eigenvalue weighted by Gasteiger charge is 2.15. The monoisotopic (exact) mass is 333 g/mol. The van der Waals surface area contributed by atoms with Crippen molar-refractivity contribution in [3.8, 4) is 11.5 Å². The second-order valence-electron chi connectivity index (χ2n) is 4.47. The molecule has 0 aromatic heterocycles. The van der Waals surface area contributed by atoms with Crippen LogP contribution in [0.2, 0.25) is 5.02 Å². The highest BCUT2D eigenvalue weighted by atomic mass is 35.5. The molecule has 0 saturated carbocycles. The zero-order valence-corrected chi connectivity index (χ0v) is 14.2. The van der Waals surface area contributed by atoms with Gasteiger partial charge in [-0.25, -0.2) is 0 Å². The van der Waals surface area contributed by atoms with Gasteiger partial charge in [-0.1, -0.05) is 17.7 Å². The second kappa shape index (κ2) is 8.27. The molecule has 1 saturated heterocycles. The van der Waals surface area contributed by atoms with Crippen LogP contribution in [0.4, 0.5) is 0 Å². The average molecular weight is 334 g/mol. The first-order chi connectivity index (χ1) is 9.76. The summed E-state index contributed by atoms with van der Waals surface area (Å²) in [5.74, 6) is 5.05. The van der Waals surface area contributed by atoms with Gasteiger partial charge in [-0.3, -0.25) is 0 Å². The van der Waals surface area contributed by atoms with Crippen LogP contribution in [-0.2, 0) is 6.54 Å². The molecule has 1 aromatic carbocycles. The summed E-state index contributed by atoms with van der Waals surface area (Å²) in [6, 6.07) is 3.88. The lowest BCUT2D eigenvalue weighted by Crippen LogP contribution is -2.28. The molecule has 112 valence electrons. The summed E-state index contributed by atoms with van der Waals surface area (Å²) in [5.41, 5.74) is 1.04. The van der Waals surface area contributed by atoms with Gasteiger partial charge in [0, 0.05) is 35.6 Å². The Morgan fingerprint density at radius 3 is 2.80 bits per heavy atom. The van der Waals surface area contributed by atoms with E-state index in [2.05, 4.69) is 17.1 Å². The van der Waals surface area contributed by atoms with E-state index in [0.717, 1.165) is 18.7 Å². The van der Waals surface area contributed by atoms with Crippen LogP contribution in [0.1, 0.15) is 5.56 Å². The lowest BCUT2D eigenvalue weighted by atomic mass is 10.2. The standard InChI is InChI=1S/C14H20ClNO2S2/c1-17-12-4-3-10(13(15)14(12)18-2)7-16-8-11-9-19-5-6-20-11/h3-4,11,16H,5-9H2,1-2H3. The summed E-state index contributed by atoms with van der Waals surface area (Å²) < 4.78 is 10.5. The molecule has 0 spiro atoms. The van der Waals surface area contributed by atoms with Crippen molar-refractivity contribution < 1.29 is 9.47 Å². The van der Waals surface area contributed by atoms with Crippen molar-refractivity contribution in [3.63, 3.8) is 0 Å². The van der Waals surface area contributed by atoms with E-state index in [0.29, 0.717) is 21.8 Å². The smallest absolute Gasteiger partial charge is 0.179 e. The number of nitrogens with one attached hydrogen (secondary N) is 1. The highest BCUT2D eigenvalue weighted by molar-refractivity contribution is 8.06. The molecule has 1 heterocycles. The van der Waals surface area contributed by atoms with Crippen molar-refractivity contribution in [2.75, 3.05) is 38.0 Å². The first-order valence-corrected chi connectivity index (χ1v) is 9.13. The average Bonchev–Trinajstić information content (AvgIpc) is 2.49. The molecular formula is C14H20ClNO2S2. The van der Waals surface area contributed by atoms with E-state index in [1.807, 2.05) is 23.9 Å². The maximum absolute atomic E-state index is 6.36. The third-order valence-corrected chi connectivity index (χ3v) is 6.40. The molecule has 1 aliphatic heterocycles. The molecular weight excluding hydrogens is 314 g/mol. The lowest BCUT2D eigenvalue weighted by Gasteiger charge is -2.21. The lowest BCUT2D eigenvalue weighted by molar-refractivity contribution is 0.354. The molecule has 0 radical (unpaired) electrons. The largest absolute Gasteiger partial charge is 0.493 e. The van der Waals surface area contributed by atoms with Gasteiger partial charge in [-0.2, -0.15) is 23.5 Å². The van der Waals surface area contributed by atoms with E-state index in [-0.39, 0.29) is 0 Å². The van der Waals surface area contributed by atoms with Crippen molar-refractivity contribution in [1.82, 2.24) is 5.32 Å². The van der Waals surface area contributed by atoms with Crippen LogP contribution >= 0.6 is 35.1 Å². The minimum absolute atomic E-state index is 0.607. The van der Waals surface area contributed by atoms with Gasteiger partial charge in [-0.05, 0) is 11.6 Å². The van der Waals surface area contributed by atoms with E-state index in [1.54, 1.807) is 14.2 Å². The third kappa shape index (κ3) is 4.13. The summed E-state index contributed by atoms with van der Waals surface area (Å²) in [5, 5.41) is 4.82. The summed E-state index contributed by atoms with van der Waals surface area (Å²) in [6.45, 7) is 1.77. The van der Waals surface area contributed by atoms with E-state index >= 15 is 0 Å². The van der Waals surface area contributed by atoms with E-state index in [9.17, 15) is 0 Å². The minimum Gasteiger partial charge on any atom is -0.493 e. The van der Waals surface area contributed by atoms with Crippen LogP contribution in [0.15, 0.2) is 12.1 Å². The van der Waals surface area contributed by atoms with Crippen molar-refractivity contribution in [3.05, 3.63) is 22.7 Å². The molecule has 6 heteroatoms. The number of thioether (sulfide) groups is 2. The van der Waals surface area contributed by atoms with Crippen LogP contribution in [0.5, 0.6) is 11.5 Å². The Kier molecular flexibility index (Phi) is 6.68. The summed E-state index contributed by atoms with van der Waals surface area (Å²) in [6.07, 6.45) is 0. The Morgan fingerprint density at radius 1 is 1.30 bits per heavy atom. The van der Waals surface area contributed by atoms with Gasteiger partial charge in [0.15, 0.2) is 11.5 Å².